The maximum Gasteiger partial charge on any atom is 0.339 e. The molecule has 0 fully saturated rings. The van der Waals surface area contributed by atoms with Gasteiger partial charge in [0.2, 0.25) is 0 Å². The maximum absolute atomic E-state index is 11.2. The van der Waals surface area contributed by atoms with E-state index in [9.17, 15) is 9.36 Å². The number of aliphatic carboxylic acids is 1. The van der Waals surface area contributed by atoms with Crippen molar-refractivity contribution < 1.29 is 24.3 Å². The summed E-state index contributed by atoms with van der Waals surface area (Å²) < 4.78 is 11.2. The van der Waals surface area contributed by atoms with E-state index in [-0.39, 0.29) is 6.42 Å². The Labute approximate surface area is 159 Å². The van der Waals surface area contributed by atoms with Crippen LogP contribution < -0.4 is 0 Å². The van der Waals surface area contributed by atoms with Crippen LogP contribution in [0.5, 0.6) is 0 Å². The van der Waals surface area contributed by atoms with E-state index in [1.165, 1.54) is 11.1 Å². The molecule has 6 nitrogen and oxygen atoms in total. The van der Waals surface area contributed by atoms with Crippen molar-refractivity contribution in [3.63, 3.8) is 0 Å². The second-order valence-electron chi connectivity index (χ2n) is 6.81. The van der Waals surface area contributed by atoms with Crippen molar-refractivity contribution in [2.24, 2.45) is 0 Å². The molecule has 1 unspecified atom stereocenters. The predicted molar refractivity (Wildman–Crippen MR) is 105 cm³/mol. The van der Waals surface area contributed by atoms with E-state index in [1.54, 1.807) is 0 Å². The summed E-state index contributed by atoms with van der Waals surface area (Å²) in [6.07, 6.45) is 1.22. The molecule has 7 heteroatoms. The molecule has 0 radical (unpaired) electrons. The van der Waals surface area contributed by atoms with Crippen LogP contribution in [0.1, 0.15) is 29.5 Å². The molecule has 1 atom stereocenters. The smallest absolute Gasteiger partial charge is 0.339 e. The van der Waals surface area contributed by atoms with E-state index >= 15 is 0 Å². The molecule has 2 rings (SSSR count). The Morgan fingerprint density at radius 1 is 1.04 bits per heavy atom. The number of hydrogen-bond acceptors (Lipinski definition) is 3. The van der Waals surface area contributed by atoms with Crippen molar-refractivity contribution in [1.82, 2.24) is 4.90 Å². The minimum Gasteiger partial charge on any atom is -0.481 e. The van der Waals surface area contributed by atoms with Gasteiger partial charge in [-0.25, -0.2) is 0 Å². The van der Waals surface area contributed by atoms with Gasteiger partial charge in [0.1, 0.15) is 0 Å². The van der Waals surface area contributed by atoms with Crippen LogP contribution in [0.4, 0.5) is 0 Å². The third-order valence-corrected chi connectivity index (χ3v) is 5.69. The lowest BCUT2D eigenvalue weighted by Gasteiger charge is -2.19. The fraction of sp³-hybridized carbons (Fsp3) is 0.350. The lowest BCUT2D eigenvalue weighted by molar-refractivity contribution is -0.137. The van der Waals surface area contributed by atoms with Gasteiger partial charge in [0, 0.05) is 6.54 Å². The Bertz CT molecular complexity index is 790. The summed E-state index contributed by atoms with van der Waals surface area (Å²) in [5.74, 6) is -1.44. The minimum atomic E-state index is -4.62. The van der Waals surface area contributed by atoms with Gasteiger partial charge in [-0.1, -0.05) is 54.6 Å². The van der Waals surface area contributed by atoms with Crippen LogP contribution in [0, 0.1) is 0 Å². The maximum atomic E-state index is 11.2. The molecule has 0 bridgehead atoms. The first-order valence-electron chi connectivity index (χ1n) is 8.84. The summed E-state index contributed by atoms with van der Waals surface area (Å²) in [5, 5.41) is 8.96. The molecular weight excluding hydrogens is 365 g/mol. The number of nitrogens with zero attached hydrogens (tertiary/aromatic N) is 1. The monoisotopic (exact) mass is 391 g/mol. The van der Waals surface area contributed by atoms with Crippen LogP contribution >= 0.6 is 7.60 Å². The summed E-state index contributed by atoms with van der Waals surface area (Å²) in [6.45, 7) is 1.25. The van der Waals surface area contributed by atoms with Crippen molar-refractivity contribution >= 4 is 13.6 Å². The molecule has 0 amide bonds. The molecular formula is C20H26NO5P. The lowest BCUT2D eigenvalue weighted by atomic mass is 10.0. The van der Waals surface area contributed by atoms with E-state index in [2.05, 4.69) is 24.3 Å². The molecule has 146 valence electrons. The van der Waals surface area contributed by atoms with Crippen molar-refractivity contribution in [1.29, 1.82) is 0 Å². The van der Waals surface area contributed by atoms with Crippen LogP contribution in [0.15, 0.2) is 54.6 Å². The molecule has 2 aromatic carbocycles. The first-order chi connectivity index (χ1) is 12.8. The molecule has 0 spiro atoms. The highest BCUT2D eigenvalue weighted by molar-refractivity contribution is 7.53. The average Bonchev–Trinajstić information content (AvgIpc) is 2.58. The first kappa shape index (κ1) is 21.3. The van der Waals surface area contributed by atoms with Gasteiger partial charge < -0.3 is 19.8 Å². The van der Waals surface area contributed by atoms with Gasteiger partial charge in [0.25, 0.3) is 0 Å². The highest BCUT2D eigenvalue weighted by Gasteiger charge is 2.34. The van der Waals surface area contributed by atoms with E-state index < -0.39 is 19.2 Å². The standard InChI is InChI=1S/C20H26NO5P/c1-21(12-6-11-19(20(22)23)27(24,25)26)15-18-10-5-9-17(14-18)13-16-7-3-2-4-8-16/h2-5,7-10,14,19H,6,11-13,15H2,1H3,(H,22,23)(H2,24,25,26). The van der Waals surface area contributed by atoms with Gasteiger partial charge >= 0.3 is 13.6 Å². The molecule has 2 aromatic rings. The molecule has 0 aliphatic heterocycles. The Morgan fingerprint density at radius 2 is 1.67 bits per heavy atom. The third kappa shape index (κ3) is 7.27. The zero-order chi connectivity index (χ0) is 19.9. The molecule has 0 aromatic heterocycles. The Balaban J connectivity index is 1.87. The summed E-state index contributed by atoms with van der Waals surface area (Å²) in [4.78, 5) is 31.3. The number of benzene rings is 2. The fourth-order valence-corrected chi connectivity index (χ4v) is 3.86. The Hall–Kier alpha value is -1.98. The normalized spacial score (nSPS) is 12.9. The van der Waals surface area contributed by atoms with Crippen LogP contribution in [0.25, 0.3) is 0 Å². The van der Waals surface area contributed by atoms with Gasteiger partial charge in [0.05, 0.1) is 0 Å². The first-order valence-corrected chi connectivity index (χ1v) is 10.5. The molecule has 27 heavy (non-hydrogen) atoms. The van der Waals surface area contributed by atoms with Gasteiger partial charge in [-0.15, -0.1) is 0 Å². The Morgan fingerprint density at radius 3 is 2.30 bits per heavy atom. The van der Waals surface area contributed by atoms with Crippen LogP contribution in [-0.4, -0.2) is 45.0 Å². The van der Waals surface area contributed by atoms with Crippen molar-refractivity contribution in [2.45, 2.75) is 31.5 Å². The number of hydrogen-bond donors (Lipinski definition) is 3. The topological polar surface area (TPSA) is 98.1 Å². The van der Waals surface area contributed by atoms with Gasteiger partial charge in [-0.2, -0.15) is 0 Å². The van der Waals surface area contributed by atoms with Crippen molar-refractivity contribution in [2.75, 3.05) is 13.6 Å². The summed E-state index contributed by atoms with van der Waals surface area (Å²) in [5.41, 5.74) is 2.00. The predicted octanol–water partition coefficient (Wildman–Crippen LogP) is 3.12. The molecule has 0 heterocycles. The van der Waals surface area contributed by atoms with Gasteiger partial charge in [-0.05, 0) is 49.5 Å². The van der Waals surface area contributed by atoms with Crippen molar-refractivity contribution in [3.8, 4) is 0 Å². The second kappa shape index (κ2) is 9.81. The molecule has 0 saturated heterocycles. The fourth-order valence-electron chi connectivity index (χ4n) is 3.05. The van der Waals surface area contributed by atoms with E-state index in [4.69, 9.17) is 14.9 Å². The zero-order valence-electron chi connectivity index (χ0n) is 15.4. The largest absolute Gasteiger partial charge is 0.481 e. The number of rotatable bonds is 10. The molecule has 0 aliphatic rings. The molecule has 0 aliphatic carbocycles. The van der Waals surface area contributed by atoms with E-state index in [1.807, 2.05) is 42.3 Å². The summed E-state index contributed by atoms with van der Waals surface area (Å²) in [7, 11) is -2.70. The zero-order valence-corrected chi connectivity index (χ0v) is 16.3. The number of carboxylic acids is 1. The number of carbonyl (C=O) groups is 1. The van der Waals surface area contributed by atoms with Crippen LogP contribution in [0.3, 0.4) is 0 Å². The highest BCUT2D eigenvalue weighted by Crippen LogP contribution is 2.43. The molecule has 3 N–H and O–H groups in total. The average molecular weight is 391 g/mol. The SMILES string of the molecule is CN(CCCC(C(=O)O)P(=O)(O)O)Cc1cccc(Cc2ccccc2)c1. The van der Waals surface area contributed by atoms with E-state index in [0.29, 0.717) is 19.5 Å². The third-order valence-electron chi connectivity index (χ3n) is 4.40. The number of carboxylic acid groups (broad SMARTS) is 1. The van der Waals surface area contributed by atoms with Gasteiger partial charge in [0.15, 0.2) is 5.66 Å². The summed E-state index contributed by atoms with van der Waals surface area (Å²) in [6, 6.07) is 18.5. The van der Waals surface area contributed by atoms with Crippen LogP contribution in [0.2, 0.25) is 0 Å². The summed E-state index contributed by atoms with van der Waals surface area (Å²) >= 11 is 0. The van der Waals surface area contributed by atoms with E-state index in [0.717, 1.165) is 12.0 Å². The van der Waals surface area contributed by atoms with Crippen LogP contribution in [-0.2, 0) is 22.3 Å². The quantitative estimate of drug-likeness (QED) is 0.539. The highest BCUT2D eigenvalue weighted by atomic mass is 31.2. The van der Waals surface area contributed by atoms with Gasteiger partial charge in [-0.3, -0.25) is 9.36 Å². The van der Waals surface area contributed by atoms with Crippen molar-refractivity contribution in [3.05, 3.63) is 71.3 Å². The Kier molecular flexibility index (Phi) is 7.75. The second-order valence-corrected chi connectivity index (χ2v) is 8.61. The lowest BCUT2D eigenvalue weighted by Crippen LogP contribution is -2.24. The molecule has 0 saturated carbocycles. The minimum absolute atomic E-state index is 0.0437.